The highest BCUT2D eigenvalue weighted by molar-refractivity contribution is 6.01. The van der Waals surface area contributed by atoms with E-state index in [1.807, 2.05) is 24.3 Å². The molecule has 130 valence electrons. The van der Waals surface area contributed by atoms with Gasteiger partial charge in [-0.15, -0.1) is 0 Å². The van der Waals surface area contributed by atoms with Crippen molar-refractivity contribution in [1.82, 2.24) is 15.5 Å². The third-order valence-electron chi connectivity index (χ3n) is 5.09. The summed E-state index contributed by atoms with van der Waals surface area (Å²) in [5, 5.41) is 10.0. The third kappa shape index (κ3) is 2.79. The Labute approximate surface area is 145 Å². The lowest BCUT2D eigenvalue weighted by Crippen LogP contribution is -2.47. The van der Waals surface area contributed by atoms with Gasteiger partial charge in [-0.25, -0.2) is 0 Å². The SMILES string of the molecule is Cc1nc(C2(NC(=O)[C@H]3CC(=O)Nc4ccccc43)CCCC2)no1. The molecule has 4 rings (SSSR count). The Balaban J connectivity index is 1.64. The Morgan fingerprint density at radius 3 is 2.80 bits per heavy atom. The smallest absolute Gasteiger partial charge is 0.228 e. The van der Waals surface area contributed by atoms with E-state index in [9.17, 15) is 9.59 Å². The van der Waals surface area contributed by atoms with Crippen molar-refractivity contribution in [1.29, 1.82) is 0 Å². The van der Waals surface area contributed by atoms with Crippen molar-refractivity contribution in [2.24, 2.45) is 0 Å². The summed E-state index contributed by atoms with van der Waals surface area (Å²) in [6.45, 7) is 1.74. The van der Waals surface area contributed by atoms with Crippen molar-refractivity contribution >= 4 is 17.5 Å². The topological polar surface area (TPSA) is 97.1 Å². The normalized spacial score (nSPS) is 21.5. The van der Waals surface area contributed by atoms with Gasteiger partial charge in [0.25, 0.3) is 0 Å². The zero-order valence-electron chi connectivity index (χ0n) is 14.0. The highest BCUT2D eigenvalue weighted by Gasteiger charge is 2.43. The predicted octanol–water partition coefficient (Wildman–Crippen LogP) is 2.39. The lowest BCUT2D eigenvalue weighted by molar-refractivity contribution is -0.128. The molecular formula is C18H20N4O3. The number of amides is 2. The highest BCUT2D eigenvalue weighted by atomic mass is 16.5. The monoisotopic (exact) mass is 340 g/mol. The maximum Gasteiger partial charge on any atom is 0.228 e. The van der Waals surface area contributed by atoms with Crippen molar-refractivity contribution in [2.75, 3.05) is 5.32 Å². The first-order valence-electron chi connectivity index (χ1n) is 8.59. The number of benzene rings is 1. The summed E-state index contributed by atoms with van der Waals surface area (Å²) in [6, 6.07) is 7.43. The van der Waals surface area contributed by atoms with Gasteiger partial charge in [0.2, 0.25) is 17.7 Å². The molecule has 7 nitrogen and oxygen atoms in total. The van der Waals surface area contributed by atoms with Crippen molar-refractivity contribution in [3.63, 3.8) is 0 Å². The number of carbonyl (C=O) groups excluding carboxylic acids is 2. The Kier molecular flexibility index (Phi) is 3.78. The van der Waals surface area contributed by atoms with Gasteiger partial charge in [-0.05, 0) is 24.5 Å². The van der Waals surface area contributed by atoms with Crippen LogP contribution in [0.5, 0.6) is 0 Å². The van der Waals surface area contributed by atoms with Gasteiger partial charge in [0.05, 0.1) is 5.92 Å². The maximum atomic E-state index is 13.1. The number of aryl methyl sites for hydroxylation is 1. The van der Waals surface area contributed by atoms with Crippen LogP contribution in [0.1, 0.15) is 55.3 Å². The van der Waals surface area contributed by atoms with E-state index in [-0.39, 0.29) is 18.2 Å². The molecule has 2 aromatic rings. The first kappa shape index (κ1) is 15.8. The molecule has 2 heterocycles. The van der Waals surface area contributed by atoms with Gasteiger partial charge in [0.15, 0.2) is 5.82 Å². The number of carbonyl (C=O) groups is 2. The molecule has 1 aliphatic carbocycles. The number of rotatable bonds is 3. The molecule has 1 aromatic heterocycles. The minimum atomic E-state index is -0.599. The van der Waals surface area contributed by atoms with E-state index in [0.29, 0.717) is 17.4 Å². The van der Waals surface area contributed by atoms with Crippen molar-refractivity contribution in [3.05, 3.63) is 41.5 Å². The molecular weight excluding hydrogens is 320 g/mol. The van der Waals surface area contributed by atoms with Crippen LogP contribution in [-0.4, -0.2) is 22.0 Å². The number of nitrogens with zero attached hydrogens (tertiary/aromatic N) is 2. The number of fused-ring (bicyclic) bond motifs is 1. The van der Waals surface area contributed by atoms with Crippen LogP contribution in [0.15, 0.2) is 28.8 Å². The Morgan fingerprint density at radius 2 is 2.08 bits per heavy atom. The summed E-state index contributed by atoms with van der Waals surface area (Å²) in [4.78, 5) is 29.4. The van der Waals surface area contributed by atoms with Crippen LogP contribution in [0, 0.1) is 6.92 Å². The summed E-state index contributed by atoms with van der Waals surface area (Å²) in [6.07, 6.45) is 3.69. The second-order valence-electron chi connectivity index (χ2n) is 6.81. The van der Waals surface area contributed by atoms with Crippen LogP contribution < -0.4 is 10.6 Å². The molecule has 2 N–H and O–H groups in total. The molecule has 1 aliphatic heterocycles. The van der Waals surface area contributed by atoms with E-state index in [2.05, 4.69) is 20.8 Å². The van der Waals surface area contributed by atoms with Gasteiger partial charge in [-0.2, -0.15) is 4.98 Å². The molecule has 2 amide bonds. The maximum absolute atomic E-state index is 13.1. The van der Waals surface area contributed by atoms with Crippen molar-refractivity contribution in [2.45, 2.75) is 50.5 Å². The number of aromatic nitrogens is 2. The predicted molar refractivity (Wildman–Crippen MR) is 89.8 cm³/mol. The van der Waals surface area contributed by atoms with E-state index in [4.69, 9.17) is 4.52 Å². The fourth-order valence-electron chi connectivity index (χ4n) is 3.84. The molecule has 7 heteroatoms. The van der Waals surface area contributed by atoms with Crippen LogP contribution in [0.3, 0.4) is 0 Å². The Bertz CT molecular complexity index is 823. The number of nitrogens with one attached hydrogen (secondary N) is 2. The van der Waals surface area contributed by atoms with Gasteiger partial charge in [0, 0.05) is 19.0 Å². The molecule has 0 bridgehead atoms. The summed E-state index contributed by atoms with van der Waals surface area (Å²) in [5.41, 5.74) is 0.948. The fourth-order valence-corrected chi connectivity index (χ4v) is 3.84. The zero-order chi connectivity index (χ0) is 17.4. The molecule has 1 atom stereocenters. The molecule has 25 heavy (non-hydrogen) atoms. The molecule has 1 aromatic carbocycles. The van der Waals surface area contributed by atoms with Crippen LogP contribution in [-0.2, 0) is 15.1 Å². The summed E-state index contributed by atoms with van der Waals surface area (Å²) >= 11 is 0. The second kappa shape index (κ2) is 5.98. The number of hydrogen-bond donors (Lipinski definition) is 2. The van der Waals surface area contributed by atoms with E-state index < -0.39 is 11.5 Å². The molecule has 1 saturated carbocycles. The van der Waals surface area contributed by atoms with Crippen molar-refractivity contribution < 1.29 is 14.1 Å². The summed E-state index contributed by atoms with van der Waals surface area (Å²) < 4.78 is 5.13. The molecule has 0 radical (unpaired) electrons. The third-order valence-corrected chi connectivity index (χ3v) is 5.09. The van der Waals surface area contributed by atoms with E-state index in [1.54, 1.807) is 6.92 Å². The summed E-state index contributed by atoms with van der Waals surface area (Å²) in [7, 11) is 0. The van der Waals surface area contributed by atoms with Gasteiger partial charge < -0.3 is 15.2 Å². The molecule has 0 saturated heterocycles. The Hall–Kier alpha value is -2.70. The molecule has 1 fully saturated rings. The number of para-hydroxylation sites is 1. The largest absolute Gasteiger partial charge is 0.343 e. The average Bonchev–Trinajstić information content (AvgIpc) is 3.24. The second-order valence-corrected chi connectivity index (χ2v) is 6.81. The molecule has 0 spiro atoms. The number of hydrogen-bond acceptors (Lipinski definition) is 5. The minimum Gasteiger partial charge on any atom is -0.343 e. The summed E-state index contributed by atoms with van der Waals surface area (Å²) in [5.74, 6) is 0.208. The van der Waals surface area contributed by atoms with E-state index in [1.165, 1.54) is 0 Å². The quantitative estimate of drug-likeness (QED) is 0.894. The molecule has 2 aliphatic rings. The van der Waals surface area contributed by atoms with Crippen molar-refractivity contribution in [3.8, 4) is 0 Å². The first-order valence-corrected chi connectivity index (χ1v) is 8.59. The van der Waals surface area contributed by atoms with E-state index >= 15 is 0 Å². The van der Waals surface area contributed by atoms with Gasteiger partial charge >= 0.3 is 0 Å². The van der Waals surface area contributed by atoms with Gasteiger partial charge in [0.1, 0.15) is 5.54 Å². The molecule has 0 unspecified atom stereocenters. The van der Waals surface area contributed by atoms with Gasteiger partial charge in [-0.3, -0.25) is 9.59 Å². The minimum absolute atomic E-state index is 0.143. The van der Waals surface area contributed by atoms with E-state index in [0.717, 1.165) is 31.2 Å². The highest BCUT2D eigenvalue weighted by Crippen LogP contribution is 2.39. The van der Waals surface area contributed by atoms with Crippen LogP contribution in [0.2, 0.25) is 0 Å². The lowest BCUT2D eigenvalue weighted by atomic mass is 9.88. The van der Waals surface area contributed by atoms with Gasteiger partial charge in [-0.1, -0.05) is 36.2 Å². The van der Waals surface area contributed by atoms with Crippen LogP contribution >= 0.6 is 0 Å². The number of anilines is 1. The zero-order valence-corrected chi connectivity index (χ0v) is 14.0. The first-order chi connectivity index (χ1) is 12.1. The van der Waals surface area contributed by atoms with Crippen LogP contribution in [0.4, 0.5) is 5.69 Å². The average molecular weight is 340 g/mol. The lowest BCUT2D eigenvalue weighted by Gasteiger charge is -2.31. The van der Waals surface area contributed by atoms with Crippen LogP contribution in [0.25, 0.3) is 0 Å². The fraction of sp³-hybridized carbons (Fsp3) is 0.444. The Morgan fingerprint density at radius 1 is 1.32 bits per heavy atom. The standard InChI is InChI=1S/C18H20N4O3/c1-11-19-17(22-25-11)18(8-4-5-9-18)21-16(24)13-10-15(23)20-14-7-3-2-6-12(13)14/h2-3,6-7,13H,4-5,8-10H2,1H3,(H,20,23)(H,21,24)/t13-/m0/s1.